The van der Waals surface area contributed by atoms with E-state index in [0.717, 1.165) is 19.1 Å². The Bertz CT molecular complexity index is 560. The highest BCUT2D eigenvalue weighted by Crippen LogP contribution is 2.19. The smallest absolute Gasteiger partial charge is 0.328 e. The number of carbonyl (C=O) groups is 2. The molecule has 0 aliphatic rings. The Labute approximate surface area is 112 Å². The molecule has 0 bridgehead atoms. The molecule has 0 aliphatic carbocycles. The van der Waals surface area contributed by atoms with Gasteiger partial charge in [0.25, 0.3) is 11.6 Å². The molecule has 9 heteroatoms. The highest BCUT2D eigenvalue weighted by molar-refractivity contribution is 6.00. The summed E-state index contributed by atoms with van der Waals surface area (Å²) in [4.78, 5) is 32.4. The number of nitro benzene ring substituents is 1. The Balaban J connectivity index is 3.11. The average molecular weight is 286 g/mol. The summed E-state index contributed by atoms with van der Waals surface area (Å²) in [6.45, 7) is 1.12. The zero-order chi connectivity index (χ0) is 15.4. The predicted octanol–water partition coefficient (Wildman–Crippen LogP) is 0.298. The molecule has 108 valence electrons. The van der Waals surface area contributed by atoms with E-state index in [1.807, 2.05) is 5.32 Å². The maximum absolute atomic E-state index is 13.1. The molecule has 1 aromatic carbocycles. The summed E-state index contributed by atoms with van der Waals surface area (Å²) >= 11 is 0. The normalized spacial score (nSPS) is 13.3. The summed E-state index contributed by atoms with van der Waals surface area (Å²) in [6, 6.07) is 0.556. The fraction of sp³-hybridized carbons (Fsp3) is 0.273. The number of carboxylic acids is 1. The van der Waals surface area contributed by atoms with Gasteiger partial charge in [-0.25, -0.2) is 9.18 Å². The first-order chi connectivity index (χ1) is 9.23. The Morgan fingerprint density at radius 3 is 2.50 bits per heavy atom. The Hall–Kier alpha value is -2.55. The van der Waals surface area contributed by atoms with Crippen molar-refractivity contribution in [3.05, 3.63) is 39.7 Å². The van der Waals surface area contributed by atoms with Crippen LogP contribution in [0, 0.1) is 15.9 Å². The minimum absolute atomic E-state index is 0.619. The second-order valence-corrected chi connectivity index (χ2v) is 3.95. The third kappa shape index (κ3) is 3.48. The third-order valence-electron chi connectivity index (χ3n) is 2.43. The molecule has 0 fully saturated rings. The van der Waals surface area contributed by atoms with Gasteiger partial charge in [-0.2, -0.15) is 0 Å². The fourth-order valence-corrected chi connectivity index (χ4v) is 1.46. The first kappa shape index (κ1) is 15.5. The summed E-state index contributed by atoms with van der Waals surface area (Å²) in [6.07, 6.45) is -1.43. The number of nitrogens with zero attached hydrogens (tertiary/aromatic N) is 1. The molecule has 0 radical (unpaired) electrons. The van der Waals surface area contributed by atoms with Crippen molar-refractivity contribution in [1.82, 2.24) is 5.32 Å². The van der Waals surface area contributed by atoms with Gasteiger partial charge in [-0.05, 0) is 19.1 Å². The first-order valence-corrected chi connectivity index (χ1v) is 5.39. The summed E-state index contributed by atoms with van der Waals surface area (Å²) < 4.78 is 13.1. The first-order valence-electron chi connectivity index (χ1n) is 5.39. The number of nitro groups is 1. The fourth-order valence-electron chi connectivity index (χ4n) is 1.46. The van der Waals surface area contributed by atoms with Crippen molar-refractivity contribution in [3.63, 3.8) is 0 Å². The molecule has 2 atom stereocenters. The van der Waals surface area contributed by atoms with Gasteiger partial charge >= 0.3 is 5.97 Å². The van der Waals surface area contributed by atoms with Gasteiger partial charge in [0.15, 0.2) is 6.04 Å². The number of rotatable bonds is 5. The highest BCUT2D eigenvalue weighted by Gasteiger charge is 2.28. The number of halogens is 1. The maximum Gasteiger partial charge on any atom is 0.328 e. The van der Waals surface area contributed by atoms with E-state index in [9.17, 15) is 29.2 Å². The van der Waals surface area contributed by atoms with E-state index in [0.29, 0.717) is 6.07 Å². The van der Waals surface area contributed by atoms with Crippen LogP contribution in [0.4, 0.5) is 10.1 Å². The summed E-state index contributed by atoms with van der Waals surface area (Å²) in [5.41, 5.74) is -1.29. The molecule has 0 saturated heterocycles. The number of hydrogen-bond acceptors (Lipinski definition) is 5. The van der Waals surface area contributed by atoms with Crippen molar-refractivity contribution in [2.75, 3.05) is 0 Å². The van der Waals surface area contributed by atoms with Gasteiger partial charge < -0.3 is 15.5 Å². The molecular weight excluding hydrogens is 275 g/mol. The van der Waals surface area contributed by atoms with Crippen molar-refractivity contribution in [1.29, 1.82) is 0 Å². The molecule has 20 heavy (non-hydrogen) atoms. The lowest BCUT2D eigenvalue weighted by molar-refractivity contribution is -0.385. The van der Waals surface area contributed by atoms with Crippen LogP contribution in [-0.2, 0) is 4.79 Å². The summed E-state index contributed by atoms with van der Waals surface area (Å²) in [5, 5.41) is 30.6. The quantitative estimate of drug-likeness (QED) is 0.527. The lowest BCUT2D eigenvalue weighted by atomic mass is 10.1. The molecule has 1 rings (SSSR count). The molecule has 3 N–H and O–H groups in total. The number of carboxylic acid groups (broad SMARTS) is 1. The van der Waals surface area contributed by atoms with Crippen molar-refractivity contribution >= 4 is 17.6 Å². The Kier molecular flexibility index (Phi) is 4.70. The van der Waals surface area contributed by atoms with E-state index in [-0.39, 0.29) is 0 Å². The van der Waals surface area contributed by atoms with Gasteiger partial charge in [-0.15, -0.1) is 0 Å². The second-order valence-electron chi connectivity index (χ2n) is 3.95. The average Bonchev–Trinajstić information content (AvgIpc) is 2.34. The number of aliphatic hydroxyl groups is 1. The van der Waals surface area contributed by atoms with E-state index in [1.54, 1.807) is 0 Å². The molecule has 0 spiro atoms. The van der Waals surface area contributed by atoms with E-state index < -0.39 is 46.0 Å². The van der Waals surface area contributed by atoms with Crippen LogP contribution < -0.4 is 5.32 Å². The van der Waals surface area contributed by atoms with Gasteiger partial charge in [0.2, 0.25) is 0 Å². The van der Waals surface area contributed by atoms with Crippen LogP contribution in [0.1, 0.15) is 17.3 Å². The van der Waals surface area contributed by atoms with Crippen LogP contribution in [0.2, 0.25) is 0 Å². The zero-order valence-corrected chi connectivity index (χ0v) is 10.2. The minimum atomic E-state index is -1.66. The van der Waals surface area contributed by atoms with Crippen LogP contribution in [0.25, 0.3) is 0 Å². The molecule has 1 aromatic rings. The molecule has 0 aliphatic heterocycles. The van der Waals surface area contributed by atoms with Crippen LogP contribution in [0.15, 0.2) is 18.2 Å². The number of benzene rings is 1. The third-order valence-corrected chi connectivity index (χ3v) is 2.43. The second kappa shape index (κ2) is 6.06. The minimum Gasteiger partial charge on any atom is -0.480 e. The number of carbonyl (C=O) groups excluding carboxylic acids is 1. The van der Waals surface area contributed by atoms with E-state index in [2.05, 4.69) is 0 Å². The van der Waals surface area contributed by atoms with Gasteiger partial charge in [0.1, 0.15) is 11.4 Å². The van der Waals surface area contributed by atoms with Crippen molar-refractivity contribution in [2.45, 2.75) is 19.1 Å². The molecule has 2 unspecified atom stereocenters. The topological polar surface area (TPSA) is 130 Å². The van der Waals surface area contributed by atoms with Crippen molar-refractivity contribution in [2.24, 2.45) is 0 Å². The van der Waals surface area contributed by atoms with E-state index >= 15 is 0 Å². The summed E-state index contributed by atoms with van der Waals surface area (Å²) in [7, 11) is 0. The van der Waals surface area contributed by atoms with Gasteiger partial charge in [0.05, 0.1) is 11.0 Å². The number of nitrogens with one attached hydrogen (secondary N) is 1. The highest BCUT2D eigenvalue weighted by atomic mass is 19.1. The number of aliphatic hydroxyl groups excluding tert-OH is 1. The molecule has 1 amide bonds. The maximum atomic E-state index is 13.1. The van der Waals surface area contributed by atoms with Crippen LogP contribution in [0.3, 0.4) is 0 Å². The number of amides is 1. The predicted molar refractivity (Wildman–Crippen MR) is 63.6 cm³/mol. The van der Waals surface area contributed by atoms with Gasteiger partial charge in [-0.3, -0.25) is 14.9 Å². The van der Waals surface area contributed by atoms with E-state index in [1.165, 1.54) is 0 Å². The largest absolute Gasteiger partial charge is 0.480 e. The monoisotopic (exact) mass is 286 g/mol. The van der Waals surface area contributed by atoms with Gasteiger partial charge in [0, 0.05) is 6.07 Å². The van der Waals surface area contributed by atoms with Gasteiger partial charge in [-0.1, -0.05) is 0 Å². The van der Waals surface area contributed by atoms with Crippen molar-refractivity contribution < 1.29 is 29.1 Å². The Morgan fingerprint density at radius 2 is 2.05 bits per heavy atom. The van der Waals surface area contributed by atoms with Crippen molar-refractivity contribution in [3.8, 4) is 0 Å². The number of hydrogen-bond donors (Lipinski definition) is 3. The SMILES string of the molecule is CC(O)C(NC(=O)c1cc(F)ccc1[N+](=O)[O-])C(=O)O. The molecular formula is C11H11FN2O6. The lowest BCUT2D eigenvalue weighted by Gasteiger charge is -2.16. The Morgan fingerprint density at radius 1 is 1.45 bits per heavy atom. The molecule has 0 aromatic heterocycles. The summed E-state index contributed by atoms with van der Waals surface area (Å²) in [5.74, 6) is -3.57. The lowest BCUT2D eigenvalue weighted by Crippen LogP contribution is -2.47. The molecule has 8 nitrogen and oxygen atoms in total. The standard InChI is InChI=1S/C11H11FN2O6/c1-5(15)9(11(17)18)13-10(16)7-4-6(12)2-3-8(7)14(19)20/h2-5,9,15H,1H3,(H,13,16)(H,17,18). The molecule has 0 heterocycles. The number of aliphatic carboxylic acids is 1. The van der Waals surface area contributed by atoms with Crippen LogP contribution >= 0.6 is 0 Å². The van der Waals surface area contributed by atoms with Crippen LogP contribution in [0.5, 0.6) is 0 Å². The zero-order valence-electron chi connectivity index (χ0n) is 10.2. The molecule has 0 saturated carbocycles. The van der Waals surface area contributed by atoms with E-state index in [4.69, 9.17) is 5.11 Å². The van der Waals surface area contributed by atoms with Crippen LogP contribution in [-0.4, -0.2) is 39.2 Å².